The quantitative estimate of drug-likeness (QED) is 0.295. The van der Waals surface area contributed by atoms with Crippen molar-refractivity contribution in [3.05, 3.63) is 0 Å². The van der Waals surface area contributed by atoms with Crippen molar-refractivity contribution >= 4 is 24.0 Å². The highest BCUT2D eigenvalue weighted by atomic mass is 16.3. The zero-order valence-corrected chi connectivity index (χ0v) is 19.4. The minimum atomic E-state index is -0.795. The second kappa shape index (κ2) is 14.9. The molecule has 3 atom stereocenters. The maximum absolute atomic E-state index is 12.9. The van der Waals surface area contributed by atoms with Crippen LogP contribution in [0.2, 0.25) is 0 Å². The van der Waals surface area contributed by atoms with Gasteiger partial charge in [-0.1, -0.05) is 41.5 Å². The second-order valence-electron chi connectivity index (χ2n) is 9.15. The number of aliphatic hydroxyl groups is 1. The summed E-state index contributed by atoms with van der Waals surface area (Å²) in [6.07, 6.45) is 2.53. The molecule has 0 aliphatic heterocycles. The molecule has 0 aromatic carbocycles. The van der Waals surface area contributed by atoms with Gasteiger partial charge in [0, 0.05) is 13.0 Å². The summed E-state index contributed by atoms with van der Waals surface area (Å²) in [5.41, 5.74) is 0. The van der Waals surface area contributed by atoms with Crippen molar-refractivity contribution in [1.82, 2.24) is 16.0 Å². The van der Waals surface area contributed by atoms with E-state index in [1.54, 1.807) is 0 Å². The molecule has 3 amide bonds. The van der Waals surface area contributed by atoms with Gasteiger partial charge >= 0.3 is 0 Å². The van der Waals surface area contributed by atoms with Crippen LogP contribution in [-0.4, -0.2) is 53.8 Å². The third-order valence-corrected chi connectivity index (χ3v) is 4.48. The van der Waals surface area contributed by atoms with Gasteiger partial charge in [0.25, 0.3) is 0 Å². The Morgan fingerprint density at radius 3 is 1.67 bits per heavy atom. The largest absolute Gasteiger partial charge is 0.396 e. The lowest BCUT2D eigenvalue weighted by Gasteiger charge is -2.26. The topological polar surface area (TPSA) is 125 Å². The molecule has 1 unspecified atom stereocenters. The first kappa shape index (κ1) is 28.0. The van der Waals surface area contributed by atoms with Crippen LogP contribution >= 0.6 is 0 Å². The molecule has 0 aromatic rings. The van der Waals surface area contributed by atoms with Gasteiger partial charge in [-0.05, 0) is 43.4 Å². The number of rotatable bonds is 15. The molecule has 0 saturated carbocycles. The standard InChI is InChI=1S/C22H41N3O5/c1-14(2)10-17(13-27)23-21(29)19(12-16(5)6)25-22(30)18(11-15(3)4)24-20(28)8-7-9-26/h13-19,26H,7-12H2,1-6H3,(H,23,29)(H,24,28)(H,25,30)/t17?,18-,19-/m0/s1. The maximum atomic E-state index is 12.9. The van der Waals surface area contributed by atoms with E-state index >= 15 is 0 Å². The summed E-state index contributed by atoms with van der Waals surface area (Å²) in [5.74, 6) is -0.598. The van der Waals surface area contributed by atoms with Crippen molar-refractivity contribution in [2.75, 3.05) is 6.61 Å². The highest BCUT2D eigenvalue weighted by Crippen LogP contribution is 2.10. The summed E-state index contributed by atoms with van der Waals surface area (Å²) in [7, 11) is 0. The summed E-state index contributed by atoms with van der Waals surface area (Å²) in [6.45, 7) is 11.6. The zero-order valence-electron chi connectivity index (χ0n) is 19.4. The van der Waals surface area contributed by atoms with Gasteiger partial charge in [0.15, 0.2) is 0 Å². The van der Waals surface area contributed by atoms with Crippen LogP contribution in [0.25, 0.3) is 0 Å². The van der Waals surface area contributed by atoms with Crippen LogP contribution in [0.1, 0.15) is 73.6 Å². The van der Waals surface area contributed by atoms with Crippen LogP contribution in [0, 0.1) is 17.8 Å². The number of hydrogen-bond donors (Lipinski definition) is 4. The SMILES string of the molecule is CC(C)CC(C=O)NC(=O)[C@H](CC(C)C)NC(=O)[C@H](CC(C)C)NC(=O)CCCO. The van der Waals surface area contributed by atoms with E-state index in [4.69, 9.17) is 5.11 Å². The molecule has 8 nitrogen and oxygen atoms in total. The lowest BCUT2D eigenvalue weighted by Crippen LogP contribution is -2.55. The Labute approximate surface area is 180 Å². The smallest absolute Gasteiger partial charge is 0.243 e. The van der Waals surface area contributed by atoms with Crippen LogP contribution in [0.5, 0.6) is 0 Å². The van der Waals surface area contributed by atoms with E-state index in [1.165, 1.54) is 0 Å². The average molecular weight is 428 g/mol. The van der Waals surface area contributed by atoms with Crippen LogP contribution in [0.15, 0.2) is 0 Å². The summed E-state index contributed by atoms with van der Waals surface area (Å²) in [4.78, 5) is 49.0. The molecule has 0 rings (SSSR count). The summed E-state index contributed by atoms with van der Waals surface area (Å²) in [6, 6.07) is -2.17. The van der Waals surface area contributed by atoms with Crippen molar-refractivity contribution in [3.8, 4) is 0 Å². The molecule has 8 heteroatoms. The fourth-order valence-corrected chi connectivity index (χ4v) is 3.12. The molecule has 0 bridgehead atoms. The van der Waals surface area contributed by atoms with Crippen LogP contribution < -0.4 is 16.0 Å². The van der Waals surface area contributed by atoms with Crippen molar-refractivity contribution in [1.29, 1.82) is 0 Å². The molecule has 0 saturated heterocycles. The molecule has 0 fully saturated rings. The van der Waals surface area contributed by atoms with Gasteiger partial charge in [0.2, 0.25) is 17.7 Å². The summed E-state index contributed by atoms with van der Waals surface area (Å²) >= 11 is 0. The van der Waals surface area contributed by atoms with Crippen molar-refractivity contribution < 1.29 is 24.3 Å². The fraction of sp³-hybridized carbons (Fsp3) is 0.818. The van der Waals surface area contributed by atoms with Gasteiger partial charge in [0.1, 0.15) is 18.4 Å². The molecule has 30 heavy (non-hydrogen) atoms. The lowest BCUT2D eigenvalue weighted by atomic mass is 9.99. The minimum Gasteiger partial charge on any atom is -0.396 e. The predicted molar refractivity (Wildman–Crippen MR) is 117 cm³/mol. The van der Waals surface area contributed by atoms with E-state index in [1.807, 2.05) is 41.5 Å². The number of aliphatic hydroxyl groups excluding tert-OH is 1. The molecule has 0 aliphatic carbocycles. The Morgan fingerprint density at radius 1 is 0.767 bits per heavy atom. The molecule has 0 heterocycles. The molecular weight excluding hydrogens is 386 g/mol. The molecule has 4 N–H and O–H groups in total. The number of carbonyl (C=O) groups is 4. The zero-order chi connectivity index (χ0) is 23.3. The number of carbonyl (C=O) groups excluding carboxylic acids is 4. The van der Waals surface area contributed by atoms with Crippen molar-refractivity contribution in [3.63, 3.8) is 0 Å². The van der Waals surface area contributed by atoms with Gasteiger partial charge < -0.3 is 25.9 Å². The highest BCUT2D eigenvalue weighted by molar-refractivity contribution is 5.92. The predicted octanol–water partition coefficient (Wildman–Crippen LogP) is 1.55. The average Bonchev–Trinajstić information content (AvgIpc) is 2.63. The van der Waals surface area contributed by atoms with Gasteiger partial charge in [-0.2, -0.15) is 0 Å². The molecule has 174 valence electrons. The number of hydrogen-bond acceptors (Lipinski definition) is 5. The van der Waals surface area contributed by atoms with Gasteiger partial charge in [-0.3, -0.25) is 14.4 Å². The first-order valence-corrected chi connectivity index (χ1v) is 11.0. The maximum Gasteiger partial charge on any atom is 0.243 e. The molecular formula is C22H41N3O5. The number of amides is 3. The van der Waals surface area contributed by atoms with E-state index in [2.05, 4.69) is 16.0 Å². The Kier molecular flexibility index (Phi) is 14.0. The highest BCUT2D eigenvalue weighted by Gasteiger charge is 2.29. The van der Waals surface area contributed by atoms with Crippen LogP contribution in [0.3, 0.4) is 0 Å². The lowest BCUT2D eigenvalue weighted by molar-refractivity contribution is -0.133. The minimum absolute atomic E-state index is 0.0978. The normalized spacial score (nSPS) is 14.3. The monoisotopic (exact) mass is 427 g/mol. The van der Waals surface area contributed by atoms with E-state index in [0.29, 0.717) is 25.7 Å². The van der Waals surface area contributed by atoms with Crippen molar-refractivity contribution in [2.45, 2.75) is 91.8 Å². The van der Waals surface area contributed by atoms with E-state index < -0.39 is 29.9 Å². The fourth-order valence-electron chi connectivity index (χ4n) is 3.12. The molecule has 0 aromatic heterocycles. The third kappa shape index (κ3) is 12.6. The number of nitrogens with one attached hydrogen (secondary N) is 3. The van der Waals surface area contributed by atoms with Gasteiger partial charge in [-0.25, -0.2) is 0 Å². The Hall–Kier alpha value is -1.96. The van der Waals surface area contributed by atoms with Crippen LogP contribution in [0.4, 0.5) is 0 Å². The van der Waals surface area contributed by atoms with Crippen LogP contribution in [-0.2, 0) is 19.2 Å². The Morgan fingerprint density at radius 2 is 1.23 bits per heavy atom. The van der Waals surface area contributed by atoms with Gasteiger partial charge in [0.05, 0.1) is 6.04 Å². The second-order valence-corrected chi connectivity index (χ2v) is 9.15. The summed E-state index contributed by atoms with van der Waals surface area (Å²) in [5, 5.41) is 17.1. The number of aldehydes is 1. The molecule has 0 spiro atoms. The first-order valence-electron chi connectivity index (χ1n) is 11.0. The van der Waals surface area contributed by atoms with E-state index in [9.17, 15) is 19.2 Å². The van der Waals surface area contributed by atoms with E-state index in [0.717, 1.165) is 6.29 Å². The first-order chi connectivity index (χ1) is 14.0. The van der Waals surface area contributed by atoms with E-state index in [-0.39, 0.29) is 36.7 Å². The third-order valence-electron chi connectivity index (χ3n) is 4.48. The van der Waals surface area contributed by atoms with Gasteiger partial charge in [-0.15, -0.1) is 0 Å². The molecule has 0 radical (unpaired) electrons. The van der Waals surface area contributed by atoms with Crippen molar-refractivity contribution in [2.24, 2.45) is 17.8 Å². The summed E-state index contributed by atoms with van der Waals surface area (Å²) < 4.78 is 0. The molecule has 0 aliphatic rings. The Balaban J connectivity index is 5.26. The Bertz CT molecular complexity index is 549.